The number of aliphatic hydroxyl groups excluding tert-OH is 2. The molecule has 2 unspecified atom stereocenters. The molecular weight excluding hydrogens is 1010 g/mol. The van der Waals surface area contributed by atoms with Gasteiger partial charge in [0.05, 0.1) is 25.4 Å². The van der Waals surface area contributed by atoms with Crippen LogP contribution >= 0.6 is 0 Å². The summed E-state index contributed by atoms with van der Waals surface area (Å²) >= 11 is 0. The molecule has 482 valence electrons. The van der Waals surface area contributed by atoms with E-state index in [9.17, 15) is 19.8 Å². The highest BCUT2D eigenvalue weighted by atomic mass is 16.5. The molecule has 0 aromatic heterocycles. The number of rotatable bonds is 69. The van der Waals surface area contributed by atoms with Gasteiger partial charge in [-0.1, -0.05) is 345 Å². The van der Waals surface area contributed by atoms with Crippen molar-refractivity contribution in [1.82, 2.24) is 5.32 Å². The quantitative estimate of drug-likeness (QED) is 0.0320. The van der Waals surface area contributed by atoms with E-state index >= 15 is 0 Å². The number of hydrogen-bond donors (Lipinski definition) is 3. The normalized spacial score (nSPS) is 12.8. The molecule has 0 aliphatic rings. The van der Waals surface area contributed by atoms with Crippen LogP contribution in [0.3, 0.4) is 0 Å². The van der Waals surface area contributed by atoms with Crippen LogP contribution in [0.25, 0.3) is 0 Å². The van der Waals surface area contributed by atoms with Crippen molar-refractivity contribution in [3.63, 3.8) is 0 Å². The Hall–Kier alpha value is -2.18. The van der Waals surface area contributed by atoms with Crippen LogP contribution in [-0.4, -0.2) is 47.4 Å². The van der Waals surface area contributed by atoms with Crippen LogP contribution in [0.15, 0.2) is 48.6 Å². The maximum atomic E-state index is 12.5. The van der Waals surface area contributed by atoms with E-state index in [1.807, 2.05) is 6.08 Å². The summed E-state index contributed by atoms with van der Waals surface area (Å²) in [5, 5.41) is 23.3. The van der Waals surface area contributed by atoms with Crippen LogP contribution in [-0.2, 0) is 14.3 Å². The Balaban J connectivity index is 3.44. The van der Waals surface area contributed by atoms with Crippen LogP contribution in [0.2, 0.25) is 0 Å². The van der Waals surface area contributed by atoms with Crippen molar-refractivity contribution < 1.29 is 24.5 Å². The predicted octanol–water partition coefficient (Wildman–Crippen LogP) is 24.0. The number of nitrogens with one attached hydrogen (secondary N) is 1. The molecule has 0 aliphatic carbocycles. The van der Waals surface area contributed by atoms with Gasteiger partial charge in [0.2, 0.25) is 5.91 Å². The van der Waals surface area contributed by atoms with Gasteiger partial charge in [-0.25, -0.2) is 0 Å². The molecule has 0 spiro atoms. The first-order chi connectivity index (χ1) is 40.5. The molecule has 0 fully saturated rings. The Labute approximate surface area is 512 Å². The summed E-state index contributed by atoms with van der Waals surface area (Å²) in [6, 6.07) is -0.635. The van der Waals surface area contributed by atoms with Crippen molar-refractivity contribution >= 4 is 11.9 Å². The van der Waals surface area contributed by atoms with Gasteiger partial charge in [0.25, 0.3) is 0 Å². The second kappa shape index (κ2) is 71.3. The molecule has 0 aromatic carbocycles. The smallest absolute Gasteiger partial charge is 0.305 e. The first-order valence-corrected chi connectivity index (χ1v) is 36.9. The molecule has 1 amide bonds. The van der Waals surface area contributed by atoms with Crippen LogP contribution < -0.4 is 5.32 Å². The molecule has 0 aliphatic heterocycles. The number of ether oxygens (including phenoxy) is 1. The van der Waals surface area contributed by atoms with Crippen LogP contribution in [0.5, 0.6) is 0 Å². The number of aliphatic hydroxyl groups is 2. The largest absolute Gasteiger partial charge is 0.466 e. The molecule has 0 radical (unpaired) electrons. The average Bonchev–Trinajstić information content (AvgIpc) is 3.48. The number of hydrogen-bond acceptors (Lipinski definition) is 5. The summed E-state index contributed by atoms with van der Waals surface area (Å²) in [5.74, 6) is -0.0666. The molecule has 0 aromatic rings. The van der Waals surface area contributed by atoms with Gasteiger partial charge in [-0.15, -0.1) is 0 Å². The summed E-state index contributed by atoms with van der Waals surface area (Å²) in [7, 11) is 0. The first kappa shape index (κ1) is 79.8. The van der Waals surface area contributed by atoms with E-state index in [4.69, 9.17) is 4.74 Å². The zero-order valence-corrected chi connectivity index (χ0v) is 55.2. The summed E-state index contributed by atoms with van der Waals surface area (Å²) in [6.07, 6.45) is 93.4. The van der Waals surface area contributed by atoms with Gasteiger partial charge in [0.15, 0.2) is 0 Å². The zero-order chi connectivity index (χ0) is 59.2. The zero-order valence-electron chi connectivity index (χ0n) is 55.2. The number of unbranched alkanes of at least 4 members (excludes halogenated alkanes) is 52. The molecule has 0 rings (SSSR count). The molecule has 82 heavy (non-hydrogen) atoms. The lowest BCUT2D eigenvalue weighted by atomic mass is 10.0. The molecule has 3 N–H and O–H groups in total. The van der Waals surface area contributed by atoms with Crippen molar-refractivity contribution in [3.05, 3.63) is 48.6 Å². The fourth-order valence-corrected chi connectivity index (χ4v) is 11.4. The highest BCUT2D eigenvalue weighted by molar-refractivity contribution is 5.76. The first-order valence-electron chi connectivity index (χ1n) is 36.9. The van der Waals surface area contributed by atoms with E-state index in [1.54, 1.807) is 6.08 Å². The fourth-order valence-electron chi connectivity index (χ4n) is 11.4. The number of esters is 1. The van der Waals surface area contributed by atoms with E-state index < -0.39 is 12.1 Å². The fraction of sp³-hybridized carbons (Fsp3) is 0.868. The van der Waals surface area contributed by atoms with Gasteiger partial charge in [-0.3, -0.25) is 9.59 Å². The SMILES string of the molecule is CCCCCC/C=C\C/C=C\CCCCCCCCCC(=O)OCCCCCCCCCCCCCC/C=C\CCCCCCCCCC(=O)NC(CO)C(O)/C=C/CCCCCCCCCCCCCCCCCCCCCCCC. The van der Waals surface area contributed by atoms with Gasteiger partial charge in [-0.2, -0.15) is 0 Å². The molecule has 6 heteroatoms. The van der Waals surface area contributed by atoms with E-state index in [1.165, 1.54) is 315 Å². The minimum absolute atomic E-state index is 0.00410. The molecule has 0 bridgehead atoms. The van der Waals surface area contributed by atoms with Crippen molar-refractivity contribution in [1.29, 1.82) is 0 Å². The van der Waals surface area contributed by atoms with Crippen LogP contribution in [0.4, 0.5) is 0 Å². The van der Waals surface area contributed by atoms with Crippen molar-refractivity contribution in [3.8, 4) is 0 Å². The second-order valence-corrected chi connectivity index (χ2v) is 25.3. The van der Waals surface area contributed by atoms with Crippen LogP contribution in [0.1, 0.15) is 399 Å². The third-order valence-electron chi connectivity index (χ3n) is 17.1. The standard InChI is InChI=1S/C76H143NO5/c1-3-5-7-9-11-13-15-17-19-21-23-24-25-27-30-33-36-40-44-48-52-56-60-64-68-74(79)73(72-78)77-75(80)69-65-61-57-53-49-45-41-37-34-31-28-26-29-32-35-39-43-47-51-55-59-63-67-71-82-76(81)70-66-62-58-54-50-46-42-38-22-20-18-16-14-12-10-8-6-4-2/h14,16,20,22,31,34,64,68,73-74,78-79H,3-13,15,17-19,21,23-30,32-33,35-63,65-67,69-72H2,1-2H3,(H,77,80)/b16-14-,22-20-,34-31-,68-64+. The highest BCUT2D eigenvalue weighted by Gasteiger charge is 2.18. The van der Waals surface area contributed by atoms with Crippen molar-refractivity contribution in [2.24, 2.45) is 0 Å². The second-order valence-electron chi connectivity index (χ2n) is 25.3. The summed E-state index contributed by atoms with van der Waals surface area (Å²) in [5.41, 5.74) is 0. The lowest BCUT2D eigenvalue weighted by Gasteiger charge is -2.20. The van der Waals surface area contributed by atoms with Gasteiger partial charge in [-0.05, 0) is 89.9 Å². The molecule has 0 heterocycles. The summed E-state index contributed by atoms with van der Waals surface area (Å²) in [6.45, 7) is 4.91. The number of amides is 1. The minimum atomic E-state index is -0.851. The third-order valence-corrected chi connectivity index (χ3v) is 17.1. The number of carbonyl (C=O) groups is 2. The Morgan fingerprint density at radius 3 is 0.951 bits per heavy atom. The molecular formula is C76H143NO5. The Kier molecular flexibility index (Phi) is 69.4. The molecule has 0 saturated heterocycles. The van der Waals surface area contributed by atoms with Crippen LogP contribution in [0, 0.1) is 0 Å². The van der Waals surface area contributed by atoms with E-state index in [-0.39, 0.29) is 18.5 Å². The highest BCUT2D eigenvalue weighted by Crippen LogP contribution is 2.18. The van der Waals surface area contributed by atoms with E-state index in [0.29, 0.717) is 19.4 Å². The van der Waals surface area contributed by atoms with Crippen molar-refractivity contribution in [2.75, 3.05) is 13.2 Å². The lowest BCUT2D eigenvalue weighted by Crippen LogP contribution is -2.45. The van der Waals surface area contributed by atoms with Crippen molar-refractivity contribution in [2.45, 2.75) is 411 Å². The Morgan fingerprint density at radius 2 is 0.610 bits per heavy atom. The number of carbonyl (C=O) groups excluding carboxylic acids is 2. The maximum Gasteiger partial charge on any atom is 0.305 e. The average molecular weight is 1150 g/mol. The molecule has 2 atom stereocenters. The monoisotopic (exact) mass is 1150 g/mol. The predicted molar refractivity (Wildman–Crippen MR) is 361 cm³/mol. The van der Waals surface area contributed by atoms with E-state index in [0.717, 1.165) is 57.8 Å². The Bertz CT molecular complexity index is 1370. The molecule has 6 nitrogen and oxygen atoms in total. The lowest BCUT2D eigenvalue weighted by molar-refractivity contribution is -0.143. The van der Waals surface area contributed by atoms with Gasteiger partial charge >= 0.3 is 5.97 Å². The maximum absolute atomic E-state index is 12.5. The van der Waals surface area contributed by atoms with Gasteiger partial charge in [0.1, 0.15) is 0 Å². The Morgan fingerprint density at radius 1 is 0.341 bits per heavy atom. The number of allylic oxidation sites excluding steroid dienone is 7. The molecule has 0 saturated carbocycles. The van der Waals surface area contributed by atoms with E-state index in [2.05, 4.69) is 55.6 Å². The minimum Gasteiger partial charge on any atom is -0.466 e. The summed E-state index contributed by atoms with van der Waals surface area (Å²) < 4.78 is 5.50. The van der Waals surface area contributed by atoms with Gasteiger partial charge in [0, 0.05) is 12.8 Å². The third kappa shape index (κ3) is 67.0. The summed E-state index contributed by atoms with van der Waals surface area (Å²) in [4.78, 5) is 24.6. The van der Waals surface area contributed by atoms with Gasteiger partial charge < -0.3 is 20.3 Å². The topological polar surface area (TPSA) is 95.9 Å².